The number of halogens is 3. The molecule has 3 aliphatic heterocycles. The lowest BCUT2D eigenvalue weighted by molar-refractivity contribution is -0.168. The number of nitrogens with two attached hydrogens (primary N) is 1. The molecule has 0 saturated carbocycles. The first-order chi connectivity index (χ1) is 40.8. The number of benzene rings is 3. The molecule has 3 unspecified atom stereocenters. The van der Waals surface area contributed by atoms with E-state index in [-0.39, 0.29) is 25.0 Å². The van der Waals surface area contributed by atoms with E-state index in [1.807, 2.05) is 122 Å². The zero-order valence-corrected chi connectivity index (χ0v) is 49.6. The van der Waals surface area contributed by atoms with Crippen LogP contribution in [-0.4, -0.2) is 112 Å². The van der Waals surface area contributed by atoms with Gasteiger partial charge < -0.3 is 31.5 Å². The van der Waals surface area contributed by atoms with Crippen molar-refractivity contribution in [2.75, 3.05) is 55.6 Å². The van der Waals surface area contributed by atoms with Gasteiger partial charge in [-0.3, -0.25) is 0 Å². The molecule has 17 nitrogen and oxygen atoms in total. The minimum Gasteiger partial charge on any atom is -0.399 e. The normalized spacial score (nSPS) is 16.5. The van der Waals surface area contributed by atoms with Crippen LogP contribution >= 0.6 is 0 Å². The highest BCUT2D eigenvalue weighted by Gasteiger charge is 2.40. The molecule has 9 aromatic rings. The number of carbonyl (C=O) groups excluding carboxylic acids is 2. The highest BCUT2D eigenvalue weighted by atomic mass is 19.4. The topological polar surface area (TPSA) is 219 Å². The highest BCUT2D eigenvalue weighted by Crippen LogP contribution is 2.33. The van der Waals surface area contributed by atoms with Crippen molar-refractivity contribution < 1.29 is 22.8 Å². The Morgan fingerprint density at radius 2 is 0.941 bits per heavy atom. The summed E-state index contributed by atoms with van der Waals surface area (Å²) in [5, 5.41) is 11.5. The Morgan fingerprint density at radius 1 is 0.553 bits per heavy atom. The molecule has 0 aliphatic carbocycles. The fourth-order valence-electron chi connectivity index (χ4n) is 10.4. The number of rotatable bonds is 8. The molecule has 5 N–H and O–H groups in total. The minimum atomic E-state index is -3.98. The number of fused-ring (bicyclic) bond motifs is 3. The second kappa shape index (κ2) is 27.3. The van der Waals surface area contributed by atoms with Crippen LogP contribution < -0.4 is 21.7 Å². The van der Waals surface area contributed by atoms with Crippen LogP contribution in [0.1, 0.15) is 88.0 Å². The summed E-state index contributed by atoms with van der Waals surface area (Å²) < 4.78 is 35.2. The van der Waals surface area contributed by atoms with Gasteiger partial charge in [0.25, 0.3) is 0 Å². The predicted octanol–water partition coefficient (Wildman–Crippen LogP) is 13.2. The third-order valence-electron chi connectivity index (χ3n) is 15.5. The molecule has 3 atom stereocenters. The van der Waals surface area contributed by atoms with Crippen molar-refractivity contribution in [3.05, 3.63) is 144 Å². The first-order valence-corrected chi connectivity index (χ1v) is 29.2. The number of amides is 4. The second-order valence-electron chi connectivity index (χ2n) is 22.2. The number of anilines is 3. The predicted molar refractivity (Wildman–Crippen MR) is 331 cm³/mol. The summed E-state index contributed by atoms with van der Waals surface area (Å²) in [7, 11) is 0. The number of carbonyl (C=O) groups is 2. The van der Waals surface area contributed by atoms with Crippen molar-refractivity contribution in [3.63, 3.8) is 0 Å². The maximum atomic E-state index is 12.5. The minimum absolute atomic E-state index is 0.0312. The molecule has 3 aliphatic rings. The quantitative estimate of drug-likeness (QED) is 0.104. The number of urea groups is 2. The Bertz CT molecular complexity index is 3670. The molecule has 9 heterocycles. The lowest BCUT2D eigenvalue weighted by Gasteiger charge is -2.17. The number of likely N-dealkylation sites (tertiary alicyclic amines) is 2. The Kier molecular flexibility index (Phi) is 19.5. The SMILES string of the molecule is CCc1ncc2cc(-c3cc(N)ccc3C)cnc2n1.CCc1ncc2cc(-c3cc(NC(=O)N4CCC(C)C4)ccc3C)cnc2n1.CCc1ncc2cc(-c3cc(NC(=O)N4CCC(C)C4)ccc3C)cnc2n1.FC(F)(F)C1CCNC1. The van der Waals surface area contributed by atoms with E-state index < -0.39 is 12.1 Å². The molecule has 4 amide bonds. The third-order valence-corrected chi connectivity index (χ3v) is 15.5. The van der Waals surface area contributed by atoms with E-state index in [1.165, 1.54) is 5.56 Å². The van der Waals surface area contributed by atoms with Gasteiger partial charge in [-0.05, 0) is 146 Å². The van der Waals surface area contributed by atoms with Crippen molar-refractivity contribution in [2.45, 2.75) is 100 Å². The number of hydrogen-bond acceptors (Lipinski definition) is 13. The molecular weight excluding hydrogens is 1080 g/mol. The van der Waals surface area contributed by atoms with E-state index in [4.69, 9.17) is 5.73 Å². The molecule has 85 heavy (non-hydrogen) atoms. The largest absolute Gasteiger partial charge is 0.399 e. The molecular formula is C65H74F3N15O2. The van der Waals surface area contributed by atoms with E-state index in [9.17, 15) is 22.8 Å². The van der Waals surface area contributed by atoms with Gasteiger partial charge in [-0.25, -0.2) is 54.4 Å². The molecule has 12 rings (SSSR count). The monoisotopic (exact) mass is 1150 g/mol. The van der Waals surface area contributed by atoms with E-state index in [0.717, 1.165) is 159 Å². The van der Waals surface area contributed by atoms with Gasteiger partial charge in [0, 0.05) is 139 Å². The maximum Gasteiger partial charge on any atom is 0.393 e. The van der Waals surface area contributed by atoms with Crippen LogP contribution in [0.3, 0.4) is 0 Å². The number of nitrogen functional groups attached to an aromatic ring is 1. The fraction of sp³-hybridized carbons (Fsp3) is 0.369. The zero-order valence-electron chi connectivity index (χ0n) is 49.6. The average molecular weight is 1150 g/mol. The van der Waals surface area contributed by atoms with Gasteiger partial charge in [0.05, 0.1) is 5.92 Å². The number of hydrogen-bond donors (Lipinski definition) is 4. The van der Waals surface area contributed by atoms with Gasteiger partial charge in [-0.1, -0.05) is 52.8 Å². The molecule has 0 bridgehead atoms. The zero-order chi connectivity index (χ0) is 60.4. The summed E-state index contributed by atoms with van der Waals surface area (Å²) >= 11 is 0. The molecule has 20 heteroatoms. The third kappa shape index (κ3) is 15.5. The van der Waals surface area contributed by atoms with Gasteiger partial charge in [0.2, 0.25) is 0 Å². The van der Waals surface area contributed by atoms with Crippen molar-refractivity contribution in [1.82, 2.24) is 60.0 Å². The average Bonchev–Trinajstić information content (AvgIpc) is 3.79. The van der Waals surface area contributed by atoms with Crippen LogP contribution in [0.4, 0.5) is 39.8 Å². The summed E-state index contributed by atoms with van der Waals surface area (Å²) in [6.07, 6.45) is 11.8. The van der Waals surface area contributed by atoms with E-state index >= 15 is 0 Å². The number of nitrogens with one attached hydrogen (secondary N) is 3. The number of alkyl halides is 3. The first kappa shape index (κ1) is 60.8. The van der Waals surface area contributed by atoms with Crippen LogP contribution in [0.15, 0.2) is 110 Å². The highest BCUT2D eigenvalue weighted by molar-refractivity contribution is 5.92. The fourth-order valence-corrected chi connectivity index (χ4v) is 10.4. The Morgan fingerprint density at radius 3 is 1.27 bits per heavy atom. The van der Waals surface area contributed by atoms with Crippen LogP contribution in [0.2, 0.25) is 0 Å². The van der Waals surface area contributed by atoms with Crippen LogP contribution in [-0.2, 0) is 19.3 Å². The lowest BCUT2D eigenvalue weighted by Crippen LogP contribution is -2.32. The summed E-state index contributed by atoms with van der Waals surface area (Å²) in [6.45, 7) is 20.5. The van der Waals surface area contributed by atoms with E-state index in [1.54, 1.807) is 0 Å². The van der Waals surface area contributed by atoms with Gasteiger partial charge in [-0.15, -0.1) is 0 Å². The number of aromatic nitrogens is 9. The van der Waals surface area contributed by atoms with Crippen molar-refractivity contribution >= 4 is 62.2 Å². The molecule has 0 radical (unpaired) electrons. The molecule has 0 spiro atoms. The summed E-state index contributed by atoms with van der Waals surface area (Å²) in [4.78, 5) is 68.7. The first-order valence-electron chi connectivity index (χ1n) is 29.2. The van der Waals surface area contributed by atoms with Gasteiger partial charge in [0.1, 0.15) is 17.5 Å². The number of pyridine rings is 3. The van der Waals surface area contributed by atoms with Gasteiger partial charge in [-0.2, -0.15) is 13.2 Å². The second-order valence-corrected chi connectivity index (χ2v) is 22.2. The van der Waals surface area contributed by atoms with Crippen molar-refractivity contribution in [3.8, 4) is 33.4 Å². The summed E-state index contributed by atoms with van der Waals surface area (Å²) in [6, 6.07) is 24.0. The van der Waals surface area contributed by atoms with Crippen molar-refractivity contribution in [1.29, 1.82) is 0 Å². The Balaban J connectivity index is 0.000000144. The molecule has 3 aromatic carbocycles. The Hall–Kier alpha value is -8.78. The smallest absolute Gasteiger partial charge is 0.393 e. The lowest BCUT2D eigenvalue weighted by atomic mass is 10.0. The Labute approximate surface area is 494 Å². The van der Waals surface area contributed by atoms with Crippen LogP contribution in [0, 0.1) is 38.5 Å². The van der Waals surface area contributed by atoms with Crippen LogP contribution in [0.25, 0.3) is 66.5 Å². The van der Waals surface area contributed by atoms with E-state index in [0.29, 0.717) is 29.7 Å². The maximum absolute atomic E-state index is 12.5. The molecule has 6 aromatic heterocycles. The molecule has 442 valence electrons. The standard InChI is InChI=1S/2C22H25N5O.C16H16N4.C5H8F3N/c2*1-4-20-23-12-17-9-16(11-24-21(17)26-20)19-10-18(6-5-15(19)3)25-22(28)27-8-7-14(2)13-27;1-3-15-18-9-12-6-11(8-19-16(12)20-15)14-7-13(17)5-4-10(14)2;6-5(7,8)4-1-2-9-3-4/h2*5-6,9-12,14H,4,7-8,13H2,1-3H3,(H,25,28);4-9H,3,17H2,1-2H3;4,9H,1-3H2. The molecule has 3 fully saturated rings. The summed E-state index contributed by atoms with van der Waals surface area (Å²) in [5.41, 5.74) is 20.0. The summed E-state index contributed by atoms with van der Waals surface area (Å²) in [5.74, 6) is 2.45. The molecule has 3 saturated heterocycles. The van der Waals surface area contributed by atoms with Gasteiger partial charge in [0.15, 0.2) is 16.9 Å². The van der Waals surface area contributed by atoms with Gasteiger partial charge >= 0.3 is 18.2 Å². The van der Waals surface area contributed by atoms with E-state index in [2.05, 4.69) is 114 Å². The van der Waals surface area contributed by atoms with Crippen LogP contribution in [0.5, 0.6) is 0 Å². The number of aryl methyl sites for hydroxylation is 6. The van der Waals surface area contributed by atoms with Crippen molar-refractivity contribution in [2.24, 2.45) is 17.8 Å². The number of nitrogens with zero attached hydrogens (tertiary/aromatic N) is 11.